The Labute approximate surface area is 136 Å². The van der Waals surface area contributed by atoms with Crippen LogP contribution < -0.4 is 10.1 Å². The molecule has 4 nitrogen and oxygen atoms in total. The third-order valence-electron chi connectivity index (χ3n) is 4.36. The maximum absolute atomic E-state index is 12.3. The van der Waals surface area contributed by atoms with Crippen LogP contribution in [0.5, 0.6) is 5.88 Å². The zero-order valence-corrected chi connectivity index (χ0v) is 13.7. The number of amides is 1. The molecule has 3 rings (SSSR count). The topological polar surface area (TPSA) is 51.2 Å². The fourth-order valence-electron chi connectivity index (χ4n) is 3.05. The Balaban J connectivity index is 1.53. The summed E-state index contributed by atoms with van der Waals surface area (Å²) in [7, 11) is 0. The lowest BCUT2D eigenvalue weighted by atomic mass is 10.1. The molecule has 22 heavy (non-hydrogen) atoms. The number of aromatic nitrogens is 1. The second kappa shape index (κ2) is 7.86. The molecule has 1 N–H and O–H groups in total. The summed E-state index contributed by atoms with van der Waals surface area (Å²) in [5.41, 5.74) is 0.623. The smallest absolute Gasteiger partial charge is 0.253 e. The van der Waals surface area contributed by atoms with Crippen LogP contribution in [0.4, 0.5) is 0 Å². The monoisotopic (exact) mass is 320 g/mol. The third-order valence-corrected chi connectivity index (χ3v) is 5.50. The number of carbonyl (C=O) groups excluding carboxylic acids is 1. The minimum absolute atomic E-state index is 0.0117. The number of pyridine rings is 1. The molecule has 2 heterocycles. The molecule has 1 atom stereocenters. The van der Waals surface area contributed by atoms with Crippen LogP contribution in [-0.4, -0.2) is 34.5 Å². The number of nitrogens with zero attached hydrogens (tertiary/aromatic N) is 1. The molecule has 2 aliphatic rings. The van der Waals surface area contributed by atoms with Crippen molar-refractivity contribution in [2.75, 3.05) is 11.5 Å². The molecular weight excluding hydrogens is 296 g/mol. The van der Waals surface area contributed by atoms with E-state index in [1.165, 1.54) is 25.7 Å². The summed E-state index contributed by atoms with van der Waals surface area (Å²) in [5.74, 6) is 2.80. The molecule has 120 valence electrons. The van der Waals surface area contributed by atoms with Gasteiger partial charge in [0, 0.05) is 24.1 Å². The highest BCUT2D eigenvalue weighted by Crippen LogP contribution is 2.22. The predicted octanol–water partition coefficient (Wildman–Crippen LogP) is 3.42. The van der Waals surface area contributed by atoms with Gasteiger partial charge in [0.15, 0.2) is 0 Å². The molecule has 0 aromatic carbocycles. The van der Waals surface area contributed by atoms with Gasteiger partial charge in [-0.1, -0.05) is 25.7 Å². The standard InChI is InChI=1S/C17H24N2O2S/c20-17(19-14-5-3-1-2-4-6-14)13-7-8-16(18-11-13)21-15-9-10-22-12-15/h7-8,11,14-15H,1-6,9-10,12H2,(H,19,20). The lowest BCUT2D eigenvalue weighted by Crippen LogP contribution is -2.34. The van der Waals surface area contributed by atoms with Crippen molar-refractivity contribution < 1.29 is 9.53 Å². The van der Waals surface area contributed by atoms with Gasteiger partial charge in [-0.05, 0) is 31.1 Å². The van der Waals surface area contributed by atoms with Crippen LogP contribution in [0.1, 0.15) is 55.3 Å². The van der Waals surface area contributed by atoms with Gasteiger partial charge in [-0.2, -0.15) is 11.8 Å². The van der Waals surface area contributed by atoms with E-state index >= 15 is 0 Å². The average Bonchev–Trinajstić information content (AvgIpc) is 2.91. The van der Waals surface area contributed by atoms with Crippen molar-refractivity contribution in [1.82, 2.24) is 10.3 Å². The quantitative estimate of drug-likeness (QED) is 0.864. The van der Waals surface area contributed by atoms with Crippen LogP contribution in [0.3, 0.4) is 0 Å². The first-order valence-electron chi connectivity index (χ1n) is 8.32. The van der Waals surface area contributed by atoms with E-state index in [0.29, 0.717) is 17.5 Å². The van der Waals surface area contributed by atoms with E-state index in [1.807, 2.05) is 23.9 Å². The van der Waals surface area contributed by atoms with Crippen LogP contribution in [-0.2, 0) is 0 Å². The summed E-state index contributed by atoms with van der Waals surface area (Å²) in [4.78, 5) is 16.6. The van der Waals surface area contributed by atoms with E-state index in [9.17, 15) is 4.79 Å². The van der Waals surface area contributed by atoms with Crippen LogP contribution in [0.25, 0.3) is 0 Å². The van der Waals surface area contributed by atoms with Gasteiger partial charge in [-0.15, -0.1) is 0 Å². The molecule has 1 unspecified atom stereocenters. The molecular formula is C17H24N2O2S. The molecule has 1 saturated heterocycles. The molecule has 2 fully saturated rings. The first-order chi connectivity index (χ1) is 10.8. The van der Waals surface area contributed by atoms with E-state index in [1.54, 1.807) is 6.20 Å². The van der Waals surface area contributed by atoms with E-state index in [-0.39, 0.29) is 12.0 Å². The maximum Gasteiger partial charge on any atom is 0.253 e. The highest BCUT2D eigenvalue weighted by Gasteiger charge is 2.18. The molecule has 1 amide bonds. The van der Waals surface area contributed by atoms with Crippen molar-refractivity contribution in [2.24, 2.45) is 0 Å². The van der Waals surface area contributed by atoms with Crippen molar-refractivity contribution in [3.05, 3.63) is 23.9 Å². The highest BCUT2D eigenvalue weighted by molar-refractivity contribution is 7.99. The first-order valence-corrected chi connectivity index (χ1v) is 9.48. The van der Waals surface area contributed by atoms with Crippen molar-refractivity contribution in [2.45, 2.75) is 57.1 Å². The summed E-state index contributed by atoms with van der Waals surface area (Å²) >= 11 is 1.91. The van der Waals surface area contributed by atoms with Gasteiger partial charge in [0.05, 0.1) is 5.56 Å². The summed E-state index contributed by atoms with van der Waals surface area (Å²) in [6, 6.07) is 3.95. The van der Waals surface area contributed by atoms with Gasteiger partial charge >= 0.3 is 0 Å². The molecule has 1 aliphatic carbocycles. The van der Waals surface area contributed by atoms with Gasteiger partial charge in [0.1, 0.15) is 6.10 Å². The Bertz CT molecular complexity index is 478. The average molecular weight is 320 g/mol. The van der Waals surface area contributed by atoms with Crippen LogP contribution in [0.2, 0.25) is 0 Å². The summed E-state index contributed by atoms with van der Waals surface area (Å²) in [5, 5.41) is 3.14. The number of nitrogens with one attached hydrogen (secondary N) is 1. The number of hydrogen-bond acceptors (Lipinski definition) is 4. The minimum atomic E-state index is -0.0117. The van der Waals surface area contributed by atoms with Crippen LogP contribution >= 0.6 is 11.8 Å². The van der Waals surface area contributed by atoms with Crippen molar-refractivity contribution in [3.63, 3.8) is 0 Å². The second-order valence-electron chi connectivity index (χ2n) is 6.15. The highest BCUT2D eigenvalue weighted by atomic mass is 32.2. The Morgan fingerprint density at radius 1 is 1.18 bits per heavy atom. The number of ether oxygens (including phenoxy) is 1. The molecule has 5 heteroatoms. The molecule has 1 aromatic rings. The Morgan fingerprint density at radius 3 is 2.64 bits per heavy atom. The maximum atomic E-state index is 12.3. The predicted molar refractivity (Wildman–Crippen MR) is 89.6 cm³/mol. The zero-order valence-electron chi connectivity index (χ0n) is 12.9. The largest absolute Gasteiger partial charge is 0.473 e. The van der Waals surface area contributed by atoms with E-state index in [2.05, 4.69) is 10.3 Å². The molecule has 0 bridgehead atoms. The van der Waals surface area contributed by atoms with E-state index in [0.717, 1.165) is 30.8 Å². The van der Waals surface area contributed by atoms with Crippen molar-refractivity contribution in [3.8, 4) is 5.88 Å². The minimum Gasteiger partial charge on any atom is -0.473 e. The van der Waals surface area contributed by atoms with Gasteiger partial charge in [0.25, 0.3) is 5.91 Å². The molecule has 1 aromatic heterocycles. The lowest BCUT2D eigenvalue weighted by molar-refractivity contribution is 0.0933. The number of carbonyl (C=O) groups is 1. The van der Waals surface area contributed by atoms with Crippen molar-refractivity contribution >= 4 is 17.7 Å². The normalized spacial score (nSPS) is 23.0. The van der Waals surface area contributed by atoms with Gasteiger partial charge < -0.3 is 10.1 Å². The van der Waals surface area contributed by atoms with E-state index < -0.39 is 0 Å². The van der Waals surface area contributed by atoms with Gasteiger partial charge in [-0.3, -0.25) is 4.79 Å². The van der Waals surface area contributed by atoms with E-state index in [4.69, 9.17) is 4.74 Å². The zero-order chi connectivity index (χ0) is 15.2. The second-order valence-corrected chi connectivity index (χ2v) is 7.30. The molecule has 0 radical (unpaired) electrons. The molecule has 0 spiro atoms. The van der Waals surface area contributed by atoms with Crippen LogP contribution in [0.15, 0.2) is 18.3 Å². The summed E-state index contributed by atoms with van der Waals surface area (Å²) in [6.07, 6.45) is 10.2. The summed E-state index contributed by atoms with van der Waals surface area (Å²) < 4.78 is 5.81. The number of hydrogen-bond donors (Lipinski definition) is 1. The number of thioether (sulfide) groups is 1. The third kappa shape index (κ3) is 4.38. The van der Waals surface area contributed by atoms with Crippen molar-refractivity contribution in [1.29, 1.82) is 0 Å². The Kier molecular flexibility index (Phi) is 5.59. The first kappa shape index (κ1) is 15.7. The van der Waals surface area contributed by atoms with Gasteiger partial charge in [0.2, 0.25) is 5.88 Å². The molecule has 1 aliphatic heterocycles. The number of rotatable bonds is 4. The Morgan fingerprint density at radius 2 is 2.00 bits per heavy atom. The summed E-state index contributed by atoms with van der Waals surface area (Å²) in [6.45, 7) is 0. The fourth-order valence-corrected chi connectivity index (χ4v) is 4.15. The SMILES string of the molecule is O=C(NC1CCCCCC1)c1ccc(OC2CCSC2)nc1. The molecule has 1 saturated carbocycles. The van der Waals surface area contributed by atoms with Gasteiger partial charge in [-0.25, -0.2) is 4.98 Å². The fraction of sp³-hybridized carbons (Fsp3) is 0.647. The van der Waals surface area contributed by atoms with Crippen LogP contribution in [0, 0.1) is 0 Å². The lowest BCUT2D eigenvalue weighted by Gasteiger charge is -2.16. The Hall–Kier alpha value is -1.23.